The summed E-state index contributed by atoms with van der Waals surface area (Å²) in [6.45, 7) is 7.20. The Labute approximate surface area is 155 Å². The van der Waals surface area contributed by atoms with Crippen LogP contribution in [0, 0.1) is 6.92 Å². The minimum Gasteiger partial charge on any atom is -0.295 e. The summed E-state index contributed by atoms with van der Waals surface area (Å²) in [5.74, 6) is 0. The molecule has 26 heavy (non-hydrogen) atoms. The van der Waals surface area contributed by atoms with Crippen molar-refractivity contribution in [3.63, 3.8) is 0 Å². The molecule has 3 aromatic carbocycles. The maximum absolute atomic E-state index is 4.69. The second kappa shape index (κ2) is 7.71. The first-order valence-electron chi connectivity index (χ1n) is 9.33. The quantitative estimate of drug-likeness (QED) is 0.658. The fourth-order valence-electron chi connectivity index (χ4n) is 3.56. The molecule has 1 aliphatic heterocycles. The van der Waals surface area contributed by atoms with Crippen molar-refractivity contribution in [2.75, 3.05) is 26.2 Å². The first-order valence-corrected chi connectivity index (χ1v) is 9.33. The molecular formula is C23H25N3. The molecule has 3 heteroatoms. The minimum atomic E-state index is 0.979. The Kier molecular flexibility index (Phi) is 4.98. The molecule has 0 bridgehead atoms. The highest BCUT2D eigenvalue weighted by atomic mass is 15.5. The molecule has 0 amide bonds. The Morgan fingerprint density at radius 3 is 2.42 bits per heavy atom. The van der Waals surface area contributed by atoms with Crippen molar-refractivity contribution in [1.29, 1.82) is 0 Å². The van der Waals surface area contributed by atoms with Crippen LogP contribution in [0.2, 0.25) is 0 Å². The highest BCUT2D eigenvalue weighted by molar-refractivity contribution is 5.85. The lowest BCUT2D eigenvalue weighted by Gasteiger charge is -2.33. The molecule has 0 aromatic heterocycles. The summed E-state index contributed by atoms with van der Waals surface area (Å²) in [5, 5.41) is 9.57. The van der Waals surface area contributed by atoms with Gasteiger partial charge in [-0.25, -0.2) is 0 Å². The smallest absolute Gasteiger partial charge is 0.0545 e. The van der Waals surface area contributed by atoms with Gasteiger partial charge in [0.05, 0.1) is 6.21 Å². The predicted molar refractivity (Wildman–Crippen MR) is 110 cm³/mol. The van der Waals surface area contributed by atoms with E-state index in [0.717, 1.165) is 32.7 Å². The molecule has 0 radical (unpaired) electrons. The number of rotatable bonds is 4. The van der Waals surface area contributed by atoms with Crippen molar-refractivity contribution in [3.8, 4) is 0 Å². The van der Waals surface area contributed by atoms with Crippen molar-refractivity contribution in [2.45, 2.75) is 13.5 Å². The monoisotopic (exact) mass is 343 g/mol. The van der Waals surface area contributed by atoms with Crippen molar-refractivity contribution < 1.29 is 0 Å². The van der Waals surface area contributed by atoms with Crippen LogP contribution < -0.4 is 0 Å². The van der Waals surface area contributed by atoms with Crippen LogP contribution >= 0.6 is 0 Å². The lowest BCUT2D eigenvalue weighted by molar-refractivity contribution is 0.131. The molecule has 132 valence electrons. The second-order valence-corrected chi connectivity index (χ2v) is 6.97. The molecule has 1 aliphatic rings. The summed E-state index contributed by atoms with van der Waals surface area (Å²) in [5.41, 5.74) is 3.89. The molecule has 0 unspecified atom stereocenters. The Morgan fingerprint density at radius 1 is 0.846 bits per heavy atom. The maximum Gasteiger partial charge on any atom is 0.0545 e. The molecule has 0 N–H and O–H groups in total. The van der Waals surface area contributed by atoms with Crippen LogP contribution in [0.4, 0.5) is 0 Å². The summed E-state index contributed by atoms with van der Waals surface area (Å²) in [4.78, 5) is 2.53. The summed E-state index contributed by atoms with van der Waals surface area (Å²) in [7, 11) is 0. The molecule has 0 atom stereocenters. The molecule has 3 nitrogen and oxygen atoms in total. The van der Waals surface area contributed by atoms with E-state index in [9.17, 15) is 0 Å². The third-order valence-corrected chi connectivity index (χ3v) is 5.17. The third-order valence-electron chi connectivity index (χ3n) is 5.17. The summed E-state index contributed by atoms with van der Waals surface area (Å²) < 4.78 is 0. The van der Waals surface area contributed by atoms with Crippen LogP contribution in [0.3, 0.4) is 0 Å². The van der Waals surface area contributed by atoms with E-state index in [0.29, 0.717) is 0 Å². The molecule has 0 spiro atoms. The zero-order valence-electron chi connectivity index (χ0n) is 15.3. The lowest BCUT2D eigenvalue weighted by Crippen LogP contribution is -2.43. The minimum absolute atomic E-state index is 0.979. The summed E-state index contributed by atoms with van der Waals surface area (Å²) in [6.07, 6.45) is 2.00. The first kappa shape index (κ1) is 16.8. The van der Waals surface area contributed by atoms with Crippen LogP contribution in [-0.4, -0.2) is 42.3 Å². The largest absolute Gasteiger partial charge is 0.295 e. The standard InChI is InChI=1S/C23H25N3/c1-19-7-2-3-9-21(19)17-24-26-15-13-25(14-16-26)18-22-11-6-10-20-8-4-5-12-23(20)22/h2-12,17H,13-16,18H2,1H3/b24-17+. The molecule has 3 aromatic rings. The average Bonchev–Trinajstić information content (AvgIpc) is 2.69. The Morgan fingerprint density at radius 2 is 1.58 bits per heavy atom. The van der Waals surface area contributed by atoms with Crippen molar-refractivity contribution in [2.24, 2.45) is 5.10 Å². The van der Waals surface area contributed by atoms with Gasteiger partial charge in [0.25, 0.3) is 0 Å². The Hall–Kier alpha value is -2.65. The lowest BCUT2D eigenvalue weighted by atomic mass is 10.0. The molecule has 0 saturated carbocycles. The highest BCUT2D eigenvalue weighted by Crippen LogP contribution is 2.20. The number of hydrazone groups is 1. The number of hydrogen-bond donors (Lipinski definition) is 0. The van der Waals surface area contributed by atoms with Crippen molar-refractivity contribution in [3.05, 3.63) is 83.4 Å². The van der Waals surface area contributed by atoms with Gasteiger partial charge in [-0.15, -0.1) is 0 Å². The van der Waals surface area contributed by atoms with E-state index in [-0.39, 0.29) is 0 Å². The van der Waals surface area contributed by atoms with E-state index in [4.69, 9.17) is 0 Å². The van der Waals surface area contributed by atoms with Gasteiger partial charge in [-0.1, -0.05) is 66.7 Å². The SMILES string of the molecule is Cc1ccccc1/C=N/N1CCN(Cc2cccc3ccccc23)CC1. The Bertz CT molecular complexity index is 903. The number of nitrogens with zero attached hydrogens (tertiary/aromatic N) is 3. The topological polar surface area (TPSA) is 18.8 Å². The summed E-state index contributed by atoms with van der Waals surface area (Å²) >= 11 is 0. The summed E-state index contributed by atoms with van der Waals surface area (Å²) in [6, 6.07) is 23.7. The number of piperazine rings is 1. The van der Waals surface area contributed by atoms with Gasteiger partial charge in [0.2, 0.25) is 0 Å². The van der Waals surface area contributed by atoms with E-state index in [1.807, 2.05) is 6.21 Å². The Balaban J connectivity index is 1.37. The number of hydrogen-bond acceptors (Lipinski definition) is 3. The van der Waals surface area contributed by atoms with Gasteiger partial charge in [-0.05, 0) is 34.4 Å². The van der Waals surface area contributed by atoms with E-state index in [2.05, 4.69) is 88.7 Å². The fourth-order valence-corrected chi connectivity index (χ4v) is 3.56. The van der Waals surface area contributed by atoms with Crippen LogP contribution in [0.1, 0.15) is 16.7 Å². The van der Waals surface area contributed by atoms with E-state index in [1.54, 1.807) is 0 Å². The zero-order valence-corrected chi connectivity index (χ0v) is 15.3. The van der Waals surface area contributed by atoms with Crippen molar-refractivity contribution >= 4 is 17.0 Å². The molecule has 1 saturated heterocycles. The fraction of sp³-hybridized carbons (Fsp3) is 0.261. The van der Waals surface area contributed by atoms with E-state index < -0.39 is 0 Å². The van der Waals surface area contributed by atoms with Gasteiger partial charge in [0, 0.05) is 32.7 Å². The molecular weight excluding hydrogens is 318 g/mol. The van der Waals surface area contributed by atoms with E-state index >= 15 is 0 Å². The number of benzene rings is 3. The third kappa shape index (κ3) is 3.78. The van der Waals surface area contributed by atoms with Gasteiger partial charge in [0.15, 0.2) is 0 Å². The van der Waals surface area contributed by atoms with Crippen LogP contribution in [0.15, 0.2) is 71.8 Å². The molecule has 0 aliphatic carbocycles. The van der Waals surface area contributed by atoms with Gasteiger partial charge in [-0.2, -0.15) is 5.10 Å². The molecule has 4 rings (SSSR count). The molecule has 1 heterocycles. The van der Waals surface area contributed by atoms with Gasteiger partial charge in [-0.3, -0.25) is 9.91 Å². The maximum atomic E-state index is 4.69. The highest BCUT2D eigenvalue weighted by Gasteiger charge is 2.16. The number of fused-ring (bicyclic) bond motifs is 1. The first-order chi connectivity index (χ1) is 12.8. The second-order valence-electron chi connectivity index (χ2n) is 6.97. The van der Waals surface area contributed by atoms with Gasteiger partial charge in [0.1, 0.15) is 0 Å². The van der Waals surface area contributed by atoms with Gasteiger partial charge < -0.3 is 0 Å². The van der Waals surface area contributed by atoms with E-state index in [1.165, 1.54) is 27.5 Å². The van der Waals surface area contributed by atoms with Crippen LogP contribution in [0.25, 0.3) is 10.8 Å². The van der Waals surface area contributed by atoms with Crippen molar-refractivity contribution in [1.82, 2.24) is 9.91 Å². The predicted octanol–water partition coefficient (Wildman–Crippen LogP) is 4.30. The number of aryl methyl sites for hydroxylation is 1. The zero-order chi connectivity index (χ0) is 17.8. The molecule has 1 fully saturated rings. The van der Waals surface area contributed by atoms with Crippen LogP contribution in [-0.2, 0) is 6.54 Å². The average molecular weight is 343 g/mol. The van der Waals surface area contributed by atoms with Gasteiger partial charge >= 0.3 is 0 Å². The normalized spacial score (nSPS) is 15.8. The van der Waals surface area contributed by atoms with Crippen LogP contribution in [0.5, 0.6) is 0 Å².